The molecule has 0 aromatic heterocycles. The summed E-state index contributed by atoms with van der Waals surface area (Å²) in [5.74, 6) is 0.662. The Balaban J connectivity index is 1.74. The van der Waals surface area contributed by atoms with Gasteiger partial charge in [0.25, 0.3) is 0 Å². The number of piperazine rings is 1. The van der Waals surface area contributed by atoms with E-state index in [2.05, 4.69) is 21.9 Å². The van der Waals surface area contributed by atoms with Gasteiger partial charge in [0.15, 0.2) is 0 Å². The fourth-order valence-corrected chi connectivity index (χ4v) is 2.63. The number of nitrogens with zero attached hydrogens (tertiary/aromatic N) is 2. The summed E-state index contributed by atoms with van der Waals surface area (Å²) in [6, 6.07) is 8.08. The number of carbonyl (C=O) groups excluding carboxylic acids is 1. The molecule has 2 rings (SSSR count). The molecule has 1 saturated heterocycles. The lowest BCUT2D eigenvalue weighted by molar-refractivity contribution is -0.123. The maximum Gasteiger partial charge on any atom is 0.234 e. The minimum Gasteiger partial charge on any atom is -0.497 e. The smallest absolute Gasteiger partial charge is 0.234 e. The van der Waals surface area contributed by atoms with E-state index in [9.17, 15) is 4.79 Å². The van der Waals surface area contributed by atoms with Gasteiger partial charge in [0.2, 0.25) is 5.91 Å². The van der Waals surface area contributed by atoms with Gasteiger partial charge in [-0.15, -0.1) is 0 Å². The first-order valence-electron chi connectivity index (χ1n) is 7.49. The van der Waals surface area contributed by atoms with E-state index in [0.717, 1.165) is 44.9 Å². The fraction of sp³-hybridized carbons (Fsp3) is 0.562. The highest BCUT2D eigenvalue weighted by Crippen LogP contribution is 2.13. The van der Waals surface area contributed by atoms with E-state index in [1.54, 1.807) is 7.11 Å². The van der Waals surface area contributed by atoms with Crippen molar-refractivity contribution in [2.45, 2.75) is 19.4 Å². The van der Waals surface area contributed by atoms with E-state index in [-0.39, 0.29) is 11.9 Å². The number of methoxy groups -OCH3 is 1. The number of carbonyl (C=O) groups is 1. The molecule has 0 spiro atoms. The first kappa shape index (κ1) is 15.8. The zero-order valence-electron chi connectivity index (χ0n) is 12.9. The number of nitrogens with two attached hydrogens (primary N) is 1. The van der Waals surface area contributed by atoms with Crippen LogP contribution in [0.2, 0.25) is 0 Å². The molecule has 1 fully saturated rings. The molecule has 0 radical (unpaired) electrons. The number of primary amides is 1. The molecule has 0 unspecified atom stereocenters. The number of hydrogen-bond donors (Lipinski definition) is 1. The van der Waals surface area contributed by atoms with Crippen molar-refractivity contribution in [1.82, 2.24) is 9.80 Å². The van der Waals surface area contributed by atoms with Crippen molar-refractivity contribution in [2.24, 2.45) is 5.73 Å². The van der Waals surface area contributed by atoms with Gasteiger partial charge in [0.05, 0.1) is 13.2 Å². The highest BCUT2D eigenvalue weighted by molar-refractivity contribution is 5.79. The minimum atomic E-state index is -0.235. The van der Waals surface area contributed by atoms with Crippen molar-refractivity contribution in [1.29, 1.82) is 0 Å². The maximum absolute atomic E-state index is 11.2. The number of amides is 1. The lowest BCUT2D eigenvalue weighted by Crippen LogP contribution is -2.53. The van der Waals surface area contributed by atoms with Crippen molar-refractivity contribution in [3.05, 3.63) is 29.8 Å². The van der Waals surface area contributed by atoms with Crippen molar-refractivity contribution < 1.29 is 9.53 Å². The molecule has 0 aliphatic carbocycles. The number of ether oxygens (including phenoxy) is 1. The zero-order valence-corrected chi connectivity index (χ0v) is 12.9. The van der Waals surface area contributed by atoms with E-state index in [0.29, 0.717) is 0 Å². The summed E-state index contributed by atoms with van der Waals surface area (Å²) < 4.78 is 5.16. The Kier molecular flexibility index (Phi) is 5.59. The van der Waals surface area contributed by atoms with Crippen LogP contribution in [-0.2, 0) is 11.2 Å². The Hall–Kier alpha value is -1.59. The van der Waals surface area contributed by atoms with Crippen LogP contribution in [0.15, 0.2) is 24.3 Å². The molecule has 1 aliphatic heterocycles. The Morgan fingerprint density at radius 3 is 2.38 bits per heavy atom. The molecular weight excluding hydrogens is 266 g/mol. The molecule has 1 aromatic carbocycles. The van der Waals surface area contributed by atoms with Crippen LogP contribution >= 0.6 is 0 Å². The summed E-state index contributed by atoms with van der Waals surface area (Å²) in [4.78, 5) is 15.8. The molecule has 2 N–H and O–H groups in total. The molecule has 1 aromatic rings. The summed E-state index contributed by atoms with van der Waals surface area (Å²) in [6.45, 7) is 6.74. The van der Waals surface area contributed by atoms with Crippen molar-refractivity contribution in [3.63, 3.8) is 0 Å². The topological polar surface area (TPSA) is 58.8 Å². The Morgan fingerprint density at radius 1 is 1.24 bits per heavy atom. The highest BCUT2D eigenvalue weighted by Gasteiger charge is 2.23. The van der Waals surface area contributed by atoms with Crippen molar-refractivity contribution in [3.8, 4) is 5.75 Å². The molecular formula is C16H25N3O2. The number of benzene rings is 1. The standard InChI is InChI=1S/C16H25N3O2/c1-13(16(17)20)19-11-9-18(10-12-19)8-7-14-3-5-15(21-2)6-4-14/h3-6,13H,7-12H2,1-2H3,(H2,17,20)/t13-/m1/s1. The summed E-state index contributed by atoms with van der Waals surface area (Å²) in [6.07, 6.45) is 1.04. The van der Waals surface area contributed by atoms with E-state index in [4.69, 9.17) is 10.5 Å². The van der Waals surface area contributed by atoms with Gasteiger partial charge < -0.3 is 15.4 Å². The second-order valence-electron chi connectivity index (χ2n) is 5.55. The Morgan fingerprint density at radius 2 is 1.86 bits per heavy atom. The van der Waals surface area contributed by atoms with E-state index >= 15 is 0 Å². The molecule has 5 heteroatoms. The maximum atomic E-state index is 11.2. The molecule has 0 saturated carbocycles. The Labute approximate surface area is 126 Å². The van der Waals surface area contributed by atoms with Gasteiger partial charge in [-0.25, -0.2) is 0 Å². The van der Waals surface area contributed by atoms with Gasteiger partial charge in [0.1, 0.15) is 5.75 Å². The molecule has 5 nitrogen and oxygen atoms in total. The third kappa shape index (κ3) is 4.44. The van der Waals surface area contributed by atoms with Crippen LogP contribution in [0.5, 0.6) is 5.75 Å². The molecule has 1 heterocycles. The van der Waals surface area contributed by atoms with E-state index < -0.39 is 0 Å². The SMILES string of the molecule is COc1ccc(CCN2CCN([C@H](C)C(N)=O)CC2)cc1. The molecule has 116 valence electrons. The molecule has 21 heavy (non-hydrogen) atoms. The third-order valence-corrected chi connectivity index (χ3v) is 4.24. The van der Waals surface area contributed by atoms with Gasteiger partial charge in [-0.3, -0.25) is 9.69 Å². The van der Waals surface area contributed by atoms with E-state index in [1.807, 2.05) is 19.1 Å². The summed E-state index contributed by atoms with van der Waals surface area (Å²) >= 11 is 0. The normalized spacial score (nSPS) is 18.4. The summed E-state index contributed by atoms with van der Waals surface area (Å²) in [7, 11) is 1.68. The van der Waals surface area contributed by atoms with Gasteiger partial charge in [-0.2, -0.15) is 0 Å². The predicted octanol–water partition coefficient (Wildman–Crippen LogP) is 0.729. The van der Waals surface area contributed by atoms with Gasteiger partial charge in [-0.1, -0.05) is 12.1 Å². The van der Waals surface area contributed by atoms with Crippen molar-refractivity contribution in [2.75, 3.05) is 39.8 Å². The van der Waals surface area contributed by atoms with Gasteiger partial charge in [0, 0.05) is 32.7 Å². The zero-order chi connectivity index (χ0) is 15.2. The average molecular weight is 291 g/mol. The largest absolute Gasteiger partial charge is 0.497 e. The summed E-state index contributed by atoms with van der Waals surface area (Å²) in [5, 5.41) is 0. The van der Waals surface area contributed by atoms with Crippen LogP contribution in [0, 0.1) is 0 Å². The van der Waals surface area contributed by atoms with Crippen LogP contribution in [0.25, 0.3) is 0 Å². The first-order valence-corrected chi connectivity index (χ1v) is 7.49. The average Bonchev–Trinajstić information content (AvgIpc) is 2.53. The van der Waals surface area contributed by atoms with Crippen LogP contribution < -0.4 is 10.5 Å². The fourth-order valence-electron chi connectivity index (χ4n) is 2.63. The molecule has 0 bridgehead atoms. The number of hydrogen-bond acceptors (Lipinski definition) is 4. The van der Waals surface area contributed by atoms with Crippen LogP contribution in [0.3, 0.4) is 0 Å². The number of rotatable bonds is 6. The van der Waals surface area contributed by atoms with Crippen molar-refractivity contribution >= 4 is 5.91 Å². The summed E-state index contributed by atoms with van der Waals surface area (Å²) in [5.41, 5.74) is 6.68. The van der Waals surface area contributed by atoms with Crippen LogP contribution in [0.1, 0.15) is 12.5 Å². The lowest BCUT2D eigenvalue weighted by atomic mass is 10.1. The quantitative estimate of drug-likeness (QED) is 0.839. The molecule has 1 aliphatic rings. The van der Waals surface area contributed by atoms with Gasteiger partial charge in [-0.05, 0) is 31.0 Å². The van der Waals surface area contributed by atoms with Gasteiger partial charge >= 0.3 is 0 Å². The first-order chi connectivity index (χ1) is 10.1. The predicted molar refractivity (Wildman–Crippen MR) is 83.4 cm³/mol. The highest BCUT2D eigenvalue weighted by atomic mass is 16.5. The van der Waals surface area contributed by atoms with E-state index in [1.165, 1.54) is 5.56 Å². The monoisotopic (exact) mass is 291 g/mol. The molecule has 1 atom stereocenters. The lowest BCUT2D eigenvalue weighted by Gasteiger charge is -2.36. The minimum absolute atomic E-state index is 0.159. The van der Waals surface area contributed by atoms with Crippen LogP contribution in [0.4, 0.5) is 0 Å². The second kappa shape index (κ2) is 7.43. The van der Waals surface area contributed by atoms with Crippen LogP contribution in [-0.4, -0.2) is 61.6 Å². The molecule has 1 amide bonds. The Bertz CT molecular complexity index is 453. The third-order valence-electron chi connectivity index (χ3n) is 4.24. The second-order valence-corrected chi connectivity index (χ2v) is 5.55.